The summed E-state index contributed by atoms with van der Waals surface area (Å²) in [6.45, 7) is 4.63. The van der Waals surface area contributed by atoms with E-state index in [0.29, 0.717) is 6.61 Å². The Labute approximate surface area is 93.7 Å². The zero-order chi connectivity index (χ0) is 8.74. The molecule has 2 nitrogen and oxygen atoms in total. The molecule has 0 saturated carbocycles. The van der Waals surface area contributed by atoms with Crippen molar-refractivity contribution in [3.05, 3.63) is 0 Å². The van der Waals surface area contributed by atoms with Crippen LogP contribution in [0.5, 0.6) is 0 Å². The van der Waals surface area contributed by atoms with Gasteiger partial charge in [-0.25, -0.2) is 0 Å². The average molecular weight is 273 g/mol. The van der Waals surface area contributed by atoms with E-state index in [1.165, 1.54) is 11.4 Å². The number of hydrogen-bond donors (Lipinski definition) is 1. The van der Waals surface area contributed by atoms with Crippen molar-refractivity contribution in [2.75, 3.05) is 12.4 Å². The molecule has 0 heterocycles. The van der Waals surface area contributed by atoms with Gasteiger partial charge in [-0.15, -0.1) is 0 Å². The molecular weight excluding hydrogens is 258 g/mol. The standard InChI is InChI=1S/C6H15O2PS2.Ni/c1-3-5-8-9(7,10)11-6-4-2;/h3-6H2,1-2H3,(H,7,10);. The monoisotopic (exact) mass is 272 g/mol. The quantitative estimate of drug-likeness (QED) is 0.595. The van der Waals surface area contributed by atoms with E-state index in [-0.39, 0.29) is 16.5 Å². The maximum absolute atomic E-state index is 9.44. The second kappa shape index (κ2) is 8.99. The van der Waals surface area contributed by atoms with Crippen LogP contribution in [0.1, 0.15) is 26.7 Å². The SMILES string of the molecule is CCCOP(O)(=S)SCCC.[Ni]. The van der Waals surface area contributed by atoms with Crippen molar-refractivity contribution in [2.24, 2.45) is 0 Å². The predicted molar refractivity (Wildman–Crippen MR) is 55.5 cm³/mol. The Kier molecular flexibility index (Phi) is 11.9. The third kappa shape index (κ3) is 9.50. The van der Waals surface area contributed by atoms with Gasteiger partial charge in [-0.3, -0.25) is 0 Å². The van der Waals surface area contributed by atoms with Gasteiger partial charge in [-0.1, -0.05) is 25.2 Å². The van der Waals surface area contributed by atoms with Crippen molar-refractivity contribution < 1.29 is 25.9 Å². The van der Waals surface area contributed by atoms with Crippen molar-refractivity contribution in [3.63, 3.8) is 0 Å². The summed E-state index contributed by atoms with van der Waals surface area (Å²) in [4.78, 5) is 9.44. The molecule has 0 aromatic heterocycles. The Morgan fingerprint density at radius 3 is 2.42 bits per heavy atom. The smallest absolute Gasteiger partial charge is 0.244 e. The van der Waals surface area contributed by atoms with Crippen LogP contribution >= 0.6 is 17.1 Å². The molecule has 0 amide bonds. The van der Waals surface area contributed by atoms with Crippen molar-refractivity contribution >= 4 is 28.9 Å². The molecule has 0 aliphatic rings. The minimum Gasteiger partial charge on any atom is -0.337 e. The molecule has 1 unspecified atom stereocenters. The Morgan fingerprint density at radius 1 is 1.42 bits per heavy atom. The summed E-state index contributed by atoms with van der Waals surface area (Å²) in [5, 5.41) is 0. The molecule has 0 fully saturated rings. The zero-order valence-corrected chi connectivity index (χ0v) is 10.8. The van der Waals surface area contributed by atoms with Gasteiger partial charge in [0.1, 0.15) is 0 Å². The van der Waals surface area contributed by atoms with Gasteiger partial charge < -0.3 is 9.42 Å². The minimum atomic E-state index is -2.48. The fourth-order valence-electron chi connectivity index (χ4n) is 0.451. The van der Waals surface area contributed by atoms with Crippen molar-refractivity contribution in [1.29, 1.82) is 0 Å². The van der Waals surface area contributed by atoms with Gasteiger partial charge in [0.2, 0.25) is 5.69 Å². The van der Waals surface area contributed by atoms with Gasteiger partial charge in [0.05, 0.1) is 6.61 Å². The summed E-state index contributed by atoms with van der Waals surface area (Å²) in [6, 6.07) is 0. The van der Waals surface area contributed by atoms with Crippen LogP contribution < -0.4 is 0 Å². The largest absolute Gasteiger partial charge is 0.337 e. The summed E-state index contributed by atoms with van der Waals surface area (Å²) < 4.78 is 5.13. The van der Waals surface area contributed by atoms with Crippen molar-refractivity contribution in [3.8, 4) is 0 Å². The van der Waals surface area contributed by atoms with Gasteiger partial charge >= 0.3 is 0 Å². The van der Waals surface area contributed by atoms with Crippen LogP contribution in [0.2, 0.25) is 0 Å². The Balaban J connectivity index is 0. The van der Waals surface area contributed by atoms with Crippen LogP contribution in [-0.2, 0) is 32.8 Å². The van der Waals surface area contributed by atoms with Crippen LogP contribution in [0, 0.1) is 0 Å². The second-order valence-corrected chi connectivity index (χ2v) is 8.43. The maximum atomic E-state index is 9.44. The van der Waals surface area contributed by atoms with Gasteiger partial charge in [0.25, 0.3) is 0 Å². The van der Waals surface area contributed by atoms with E-state index < -0.39 is 5.69 Å². The molecule has 78 valence electrons. The summed E-state index contributed by atoms with van der Waals surface area (Å²) in [6.07, 6.45) is 1.94. The topological polar surface area (TPSA) is 29.5 Å². The first kappa shape index (κ1) is 15.9. The first-order valence-corrected chi connectivity index (χ1v) is 8.00. The summed E-state index contributed by atoms with van der Waals surface area (Å²) >= 11 is 6.26. The van der Waals surface area contributed by atoms with Crippen LogP contribution in [0.15, 0.2) is 0 Å². The van der Waals surface area contributed by atoms with Gasteiger partial charge in [-0.05, 0) is 24.6 Å². The fourth-order valence-corrected chi connectivity index (χ4v) is 3.93. The number of rotatable bonds is 6. The third-order valence-corrected chi connectivity index (χ3v) is 5.45. The van der Waals surface area contributed by atoms with Crippen LogP contribution in [0.4, 0.5) is 0 Å². The van der Waals surface area contributed by atoms with E-state index in [1.807, 2.05) is 6.92 Å². The van der Waals surface area contributed by atoms with E-state index in [0.717, 1.165) is 18.6 Å². The molecule has 0 rings (SSSR count). The molecule has 0 saturated heterocycles. The Bertz CT molecular complexity index is 134. The van der Waals surface area contributed by atoms with Crippen molar-refractivity contribution in [1.82, 2.24) is 0 Å². The van der Waals surface area contributed by atoms with E-state index in [1.54, 1.807) is 0 Å². The maximum Gasteiger partial charge on any atom is 0.244 e. The molecule has 0 aromatic carbocycles. The van der Waals surface area contributed by atoms with Crippen molar-refractivity contribution in [2.45, 2.75) is 26.7 Å². The molecule has 6 heteroatoms. The van der Waals surface area contributed by atoms with E-state index in [9.17, 15) is 4.89 Å². The molecule has 0 bridgehead atoms. The first-order chi connectivity index (χ1) is 5.12. The Hall–Kier alpha value is 1.41. The summed E-state index contributed by atoms with van der Waals surface area (Å²) in [5.41, 5.74) is -2.48. The predicted octanol–water partition coefficient (Wildman–Crippen LogP) is 2.77. The molecule has 12 heavy (non-hydrogen) atoms. The van der Waals surface area contributed by atoms with E-state index in [2.05, 4.69) is 6.92 Å². The second-order valence-electron chi connectivity index (χ2n) is 2.14. The molecule has 0 aliphatic carbocycles. The molecular formula is C6H15NiO2PS2. The van der Waals surface area contributed by atoms with Gasteiger partial charge in [0.15, 0.2) is 0 Å². The average Bonchev–Trinajstić information content (AvgIpc) is 1.97. The minimum absolute atomic E-state index is 0. The zero-order valence-electron chi connectivity index (χ0n) is 7.26. The Morgan fingerprint density at radius 2 is 2.00 bits per heavy atom. The van der Waals surface area contributed by atoms with Gasteiger partial charge in [0, 0.05) is 22.2 Å². The molecule has 1 atom stereocenters. The first-order valence-electron chi connectivity index (χ1n) is 3.74. The fraction of sp³-hybridized carbons (Fsp3) is 1.00. The number of hydrogen-bond acceptors (Lipinski definition) is 3. The molecule has 0 radical (unpaired) electrons. The molecule has 0 spiro atoms. The molecule has 0 aliphatic heterocycles. The van der Waals surface area contributed by atoms with E-state index >= 15 is 0 Å². The molecule has 1 N–H and O–H groups in total. The summed E-state index contributed by atoms with van der Waals surface area (Å²) in [7, 11) is 0. The van der Waals surface area contributed by atoms with E-state index in [4.69, 9.17) is 16.3 Å². The molecule has 0 aromatic rings. The van der Waals surface area contributed by atoms with Gasteiger partial charge in [-0.2, -0.15) is 0 Å². The summed E-state index contributed by atoms with van der Waals surface area (Å²) in [5.74, 6) is 0.886. The normalized spacial score (nSPS) is 14.9. The van der Waals surface area contributed by atoms with Crippen LogP contribution in [0.3, 0.4) is 0 Å². The third-order valence-electron chi connectivity index (χ3n) is 0.917. The van der Waals surface area contributed by atoms with Crippen LogP contribution in [-0.4, -0.2) is 17.3 Å². The van der Waals surface area contributed by atoms with Crippen LogP contribution in [0.25, 0.3) is 0 Å².